The molecular formula is C27H23ClO4. The zero-order valence-corrected chi connectivity index (χ0v) is 18.4. The average Bonchev–Trinajstić information content (AvgIpc) is 3.21. The molecule has 5 heteroatoms. The molecule has 0 aromatic heterocycles. The molecule has 4 rings (SSSR count). The van der Waals surface area contributed by atoms with Crippen LogP contribution in [0.1, 0.15) is 47.6 Å². The van der Waals surface area contributed by atoms with E-state index in [4.69, 9.17) is 26.2 Å². The van der Waals surface area contributed by atoms with Gasteiger partial charge in [-0.3, -0.25) is 4.79 Å². The number of hydrogen-bond acceptors (Lipinski definition) is 3. The summed E-state index contributed by atoms with van der Waals surface area (Å²) in [5.41, 5.74) is 4.21. The summed E-state index contributed by atoms with van der Waals surface area (Å²) in [6.07, 6.45) is 0.786. The first kappa shape index (κ1) is 21.8. The number of carboxylic acids is 1. The van der Waals surface area contributed by atoms with Gasteiger partial charge in [0.15, 0.2) is 0 Å². The van der Waals surface area contributed by atoms with Gasteiger partial charge in [-0.2, -0.15) is 0 Å². The van der Waals surface area contributed by atoms with Gasteiger partial charge in [0.25, 0.3) is 0 Å². The maximum Gasteiger partial charge on any atom is 0.304 e. The van der Waals surface area contributed by atoms with Crippen molar-refractivity contribution in [3.63, 3.8) is 0 Å². The number of rotatable bonds is 7. The highest BCUT2D eigenvalue weighted by atomic mass is 35.5. The molecule has 3 aromatic carbocycles. The Morgan fingerprint density at radius 1 is 1.16 bits per heavy atom. The fraction of sp³-hybridized carbons (Fsp3) is 0.222. The second-order valence-corrected chi connectivity index (χ2v) is 8.14. The van der Waals surface area contributed by atoms with Crippen molar-refractivity contribution in [2.24, 2.45) is 0 Å². The Morgan fingerprint density at radius 3 is 2.59 bits per heavy atom. The number of carbonyl (C=O) groups is 1. The van der Waals surface area contributed by atoms with Crippen molar-refractivity contribution >= 4 is 17.6 Å². The Balaban J connectivity index is 1.38. The van der Waals surface area contributed by atoms with Crippen molar-refractivity contribution in [3.8, 4) is 23.3 Å². The SMILES string of the molecule is CC#C[C@@H](CC(=O)O)c1ccc(OCc2ccc3c(c2)C[C@@H](c2ccc(Cl)cc2)O3)cc1. The smallest absolute Gasteiger partial charge is 0.304 e. The summed E-state index contributed by atoms with van der Waals surface area (Å²) in [7, 11) is 0. The van der Waals surface area contributed by atoms with E-state index >= 15 is 0 Å². The second-order valence-electron chi connectivity index (χ2n) is 7.71. The lowest BCUT2D eigenvalue weighted by atomic mass is 9.96. The van der Waals surface area contributed by atoms with Gasteiger partial charge < -0.3 is 14.6 Å². The Kier molecular flexibility index (Phi) is 6.68. The highest BCUT2D eigenvalue weighted by molar-refractivity contribution is 6.30. The molecular weight excluding hydrogens is 424 g/mol. The predicted molar refractivity (Wildman–Crippen MR) is 124 cm³/mol. The molecule has 32 heavy (non-hydrogen) atoms. The summed E-state index contributed by atoms with van der Waals surface area (Å²) in [5.74, 6) is 6.21. The minimum absolute atomic E-state index is 0.00375. The van der Waals surface area contributed by atoms with Crippen molar-refractivity contribution in [3.05, 3.63) is 94.0 Å². The van der Waals surface area contributed by atoms with Gasteiger partial charge in [-0.05, 0) is 65.6 Å². The van der Waals surface area contributed by atoms with E-state index in [1.54, 1.807) is 6.92 Å². The van der Waals surface area contributed by atoms with E-state index in [1.165, 1.54) is 0 Å². The Hall–Kier alpha value is -3.42. The lowest BCUT2D eigenvalue weighted by Crippen LogP contribution is -2.04. The summed E-state index contributed by atoms with van der Waals surface area (Å²) >= 11 is 5.99. The number of benzene rings is 3. The summed E-state index contributed by atoms with van der Waals surface area (Å²) in [6, 6.07) is 21.4. The third-order valence-corrected chi connectivity index (χ3v) is 5.68. The van der Waals surface area contributed by atoms with Gasteiger partial charge in [-0.1, -0.05) is 47.9 Å². The van der Waals surface area contributed by atoms with Gasteiger partial charge in [-0.25, -0.2) is 0 Å². The van der Waals surface area contributed by atoms with Gasteiger partial charge >= 0.3 is 5.97 Å². The molecule has 1 aliphatic rings. The third-order valence-electron chi connectivity index (χ3n) is 5.43. The van der Waals surface area contributed by atoms with E-state index in [0.29, 0.717) is 11.6 Å². The minimum Gasteiger partial charge on any atom is -0.489 e. The fourth-order valence-corrected chi connectivity index (χ4v) is 3.95. The van der Waals surface area contributed by atoms with Gasteiger partial charge in [0.1, 0.15) is 24.2 Å². The zero-order valence-electron chi connectivity index (χ0n) is 17.7. The van der Waals surface area contributed by atoms with Crippen molar-refractivity contribution in [1.29, 1.82) is 0 Å². The molecule has 0 bridgehead atoms. The lowest BCUT2D eigenvalue weighted by Gasteiger charge is -2.11. The first-order chi connectivity index (χ1) is 15.5. The molecule has 2 atom stereocenters. The molecule has 3 aromatic rings. The molecule has 162 valence electrons. The molecule has 1 N–H and O–H groups in total. The van der Waals surface area contributed by atoms with Crippen LogP contribution in [0, 0.1) is 11.8 Å². The molecule has 0 spiro atoms. The van der Waals surface area contributed by atoms with E-state index in [2.05, 4.69) is 17.9 Å². The summed E-state index contributed by atoms with van der Waals surface area (Å²) in [6.45, 7) is 2.15. The topological polar surface area (TPSA) is 55.8 Å². The molecule has 1 heterocycles. The van der Waals surface area contributed by atoms with Crippen LogP contribution in [-0.2, 0) is 17.8 Å². The molecule has 4 nitrogen and oxygen atoms in total. The number of fused-ring (bicyclic) bond motifs is 1. The van der Waals surface area contributed by atoms with Crippen LogP contribution in [0.15, 0.2) is 66.7 Å². The number of ether oxygens (including phenoxy) is 2. The fourth-order valence-electron chi connectivity index (χ4n) is 3.82. The first-order valence-corrected chi connectivity index (χ1v) is 10.8. The highest BCUT2D eigenvalue weighted by Gasteiger charge is 2.24. The van der Waals surface area contributed by atoms with Gasteiger partial charge in [0.2, 0.25) is 0 Å². The van der Waals surface area contributed by atoms with Crippen LogP contribution in [0.4, 0.5) is 0 Å². The number of hydrogen-bond donors (Lipinski definition) is 1. The van der Waals surface area contributed by atoms with Gasteiger partial charge in [-0.15, -0.1) is 5.92 Å². The van der Waals surface area contributed by atoms with E-state index in [-0.39, 0.29) is 18.4 Å². The van der Waals surface area contributed by atoms with Crippen molar-refractivity contribution in [2.45, 2.75) is 38.4 Å². The molecule has 1 aliphatic heterocycles. The lowest BCUT2D eigenvalue weighted by molar-refractivity contribution is -0.137. The average molecular weight is 447 g/mol. The zero-order chi connectivity index (χ0) is 22.5. The summed E-state index contributed by atoms with van der Waals surface area (Å²) in [4.78, 5) is 11.1. The van der Waals surface area contributed by atoms with Crippen molar-refractivity contribution < 1.29 is 19.4 Å². The largest absolute Gasteiger partial charge is 0.489 e. The van der Waals surface area contributed by atoms with Crippen molar-refractivity contribution in [1.82, 2.24) is 0 Å². The number of aliphatic carboxylic acids is 1. The van der Waals surface area contributed by atoms with Crippen LogP contribution >= 0.6 is 11.6 Å². The molecule has 0 amide bonds. The normalized spacial score (nSPS) is 15.1. The standard InChI is InChI=1S/C27H23ClO4/c1-2-3-21(16-27(29)30)19-7-11-24(12-8-19)31-17-18-4-13-25-22(14-18)15-26(32-25)20-5-9-23(28)10-6-20/h4-14,21,26H,15-17H2,1H3,(H,29,30)/t21-,26-/m0/s1. The quantitative estimate of drug-likeness (QED) is 0.440. The monoisotopic (exact) mass is 446 g/mol. The van der Waals surface area contributed by atoms with Crippen molar-refractivity contribution in [2.75, 3.05) is 0 Å². The Labute approximate surface area is 192 Å². The van der Waals surface area contributed by atoms with Crippen LogP contribution in [-0.4, -0.2) is 11.1 Å². The predicted octanol–water partition coefficient (Wildman–Crippen LogP) is 6.18. The van der Waals surface area contributed by atoms with E-state index in [9.17, 15) is 4.79 Å². The third kappa shape index (κ3) is 5.25. The molecule has 0 saturated heterocycles. The Bertz CT molecular complexity index is 1160. The Morgan fingerprint density at radius 2 is 1.91 bits per heavy atom. The van der Waals surface area contributed by atoms with Crippen LogP contribution in [0.5, 0.6) is 11.5 Å². The maximum absolute atomic E-state index is 11.1. The molecule has 0 fully saturated rings. The highest BCUT2D eigenvalue weighted by Crippen LogP contribution is 2.37. The van der Waals surface area contributed by atoms with Gasteiger partial charge in [0, 0.05) is 11.4 Å². The summed E-state index contributed by atoms with van der Waals surface area (Å²) < 4.78 is 12.0. The van der Waals surface area contributed by atoms with Crippen LogP contribution in [0.3, 0.4) is 0 Å². The maximum atomic E-state index is 11.1. The van der Waals surface area contributed by atoms with E-state index < -0.39 is 5.97 Å². The van der Waals surface area contributed by atoms with E-state index in [1.807, 2.05) is 60.7 Å². The summed E-state index contributed by atoms with van der Waals surface area (Å²) in [5, 5.41) is 9.80. The number of halogens is 1. The molecule has 0 unspecified atom stereocenters. The second kappa shape index (κ2) is 9.80. The van der Waals surface area contributed by atoms with Crippen LogP contribution < -0.4 is 9.47 Å². The van der Waals surface area contributed by atoms with Gasteiger partial charge in [0.05, 0.1) is 12.3 Å². The minimum atomic E-state index is -0.864. The molecule has 0 saturated carbocycles. The molecule has 0 radical (unpaired) electrons. The molecule has 0 aliphatic carbocycles. The first-order valence-electron chi connectivity index (χ1n) is 10.4. The number of carboxylic acid groups (broad SMARTS) is 1. The van der Waals surface area contributed by atoms with Crippen LogP contribution in [0.2, 0.25) is 5.02 Å². The van der Waals surface area contributed by atoms with E-state index in [0.717, 1.165) is 40.2 Å². The van der Waals surface area contributed by atoms with Crippen LogP contribution in [0.25, 0.3) is 0 Å².